The molecule has 0 fully saturated rings. The number of hydrogen-bond acceptors (Lipinski definition) is 3. The van der Waals surface area contributed by atoms with Gasteiger partial charge in [-0.05, 0) is 37.6 Å². The summed E-state index contributed by atoms with van der Waals surface area (Å²) in [6.07, 6.45) is -1.85. The van der Waals surface area contributed by atoms with E-state index in [0.29, 0.717) is 43.1 Å². The van der Waals surface area contributed by atoms with Crippen LogP contribution in [0, 0.1) is 0 Å². The molecule has 1 amide bonds. The van der Waals surface area contributed by atoms with E-state index in [1.807, 2.05) is 17.7 Å². The number of rotatable bonds is 3. The number of alkyl halides is 3. The number of fused-ring (bicyclic) bond motifs is 1. The van der Waals surface area contributed by atoms with Crippen molar-refractivity contribution >= 4 is 5.91 Å². The third-order valence-electron chi connectivity index (χ3n) is 4.99. The molecule has 1 aliphatic heterocycles. The first-order valence-electron chi connectivity index (χ1n) is 9.42. The first-order valence-corrected chi connectivity index (χ1v) is 9.42. The Bertz CT molecular complexity index is 1020. The zero-order valence-corrected chi connectivity index (χ0v) is 15.9. The van der Waals surface area contributed by atoms with Crippen molar-refractivity contribution in [1.82, 2.24) is 24.5 Å². The fourth-order valence-electron chi connectivity index (χ4n) is 3.42. The van der Waals surface area contributed by atoms with Crippen LogP contribution in [0.15, 0.2) is 42.6 Å². The molecular formula is C20H20F3N5O. The van der Waals surface area contributed by atoms with Gasteiger partial charge >= 0.3 is 6.18 Å². The topological polar surface area (TPSA) is 56.0 Å². The minimum absolute atomic E-state index is 0.136. The van der Waals surface area contributed by atoms with Gasteiger partial charge in [0.1, 0.15) is 5.69 Å². The predicted molar refractivity (Wildman–Crippen MR) is 99.9 cm³/mol. The molecule has 6 nitrogen and oxygen atoms in total. The predicted octanol–water partition coefficient (Wildman–Crippen LogP) is 3.83. The number of carbonyl (C=O) groups excluding carboxylic acids is 1. The summed E-state index contributed by atoms with van der Waals surface area (Å²) in [7, 11) is 0. The van der Waals surface area contributed by atoms with Crippen molar-refractivity contribution in [3.8, 4) is 11.3 Å². The van der Waals surface area contributed by atoms with E-state index in [4.69, 9.17) is 0 Å². The second-order valence-corrected chi connectivity index (χ2v) is 6.96. The summed E-state index contributed by atoms with van der Waals surface area (Å²) in [6, 6.07) is 8.50. The maximum absolute atomic E-state index is 12.8. The third-order valence-corrected chi connectivity index (χ3v) is 4.99. The van der Waals surface area contributed by atoms with Gasteiger partial charge in [0.15, 0.2) is 0 Å². The van der Waals surface area contributed by atoms with Gasteiger partial charge < -0.3 is 4.90 Å². The van der Waals surface area contributed by atoms with E-state index in [1.165, 1.54) is 12.1 Å². The molecule has 3 heterocycles. The van der Waals surface area contributed by atoms with Crippen LogP contribution in [0.1, 0.15) is 35.1 Å². The number of benzene rings is 1. The van der Waals surface area contributed by atoms with Crippen molar-refractivity contribution in [3.63, 3.8) is 0 Å². The summed E-state index contributed by atoms with van der Waals surface area (Å²) < 4.78 is 41.8. The highest BCUT2D eigenvalue weighted by molar-refractivity contribution is 5.92. The van der Waals surface area contributed by atoms with Crippen LogP contribution < -0.4 is 0 Å². The van der Waals surface area contributed by atoms with Crippen molar-refractivity contribution in [2.24, 2.45) is 0 Å². The van der Waals surface area contributed by atoms with Gasteiger partial charge in [0.05, 0.1) is 23.5 Å². The molecule has 0 saturated heterocycles. The molecule has 152 valence electrons. The summed E-state index contributed by atoms with van der Waals surface area (Å²) in [4.78, 5) is 14.5. The molecule has 4 rings (SSSR count). The van der Waals surface area contributed by atoms with E-state index < -0.39 is 11.7 Å². The average Bonchev–Trinajstić information content (AvgIpc) is 3.29. The highest BCUT2D eigenvalue weighted by Crippen LogP contribution is 2.31. The smallest absolute Gasteiger partial charge is 0.331 e. The number of hydrogen-bond donors (Lipinski definition) is 0. The second kappa shape index (κ2) is 7.38. The summed E-state index contributed by atoms with van der Waals surface area (Å²) in [5, 5.41) is 8.82. The largest absolute Gasteiger partial charge is 0.416 e. The first kappa shape index (κ1) is 19.2. The van der Waals surface area contributed by atoms with Crippen LogP contribution in [0.3, 0.4) is 0 Å². The zero-order chi connectivity index (χ0) is 20.6. The van der Waals surface area contributed by atoms with Crippen LogP contribution in [0.5, 0.6) is 0 Å². The third kappa shape index (κ3) is 3.90. The molecule has 0 bridgehead atoms. The lowest BCUT2D eigenvalue weighted by molar-refractivity contribution is -0.137. The van der Waals surface area contributed by atoms with Gasteiger partial charge in [-0.1, -0.05) is 12.1 Å². The van der Waals surface area contributed by atoms with E-state index in [-0.39, 0.29) is 5.91 Å². The van der Waals surface area contributed by atoms with Crippen molar-refractivity contribution in [2.75, 3.05) is 6.54 Å². The SMILES string of the molecule is CCn1ccc(C(=O)N2CCCn3nc(-c4ccc(C(F)(F)F)cc4)cc3C2)n1. The number of carbonyl (C=O) groups is 1. The molecule has 1 aromatic carbocycles. The quantitative estimate of drug-likeness (QED) is 0.668. The minimum atomic E-state index is -4.37. The van der Waals surface area contributed by atoms with Gasteiger partial charge in [-0.15, -0.1) is 0 Å². The fourth-order valence-corrected chi connectivity index (χ4v) is 3.42. The highest BCUT2D eigenvalue weighted by atomic mass is 19.4. The van der Waals surface area contributed by atoms with Gasteiger partial charge in [-0.2, -0.15) is 23.4 Å². The molecular weight excluding hydrogens is 383 g/mol. The standard InChI is InChI=1S/C20H20F3N5O/c1-2-27-11-8-17(24-27)19(29)26-9-3-10-28-16(13-26)12-18(25-28)14-4-6-15(7-5-14)20(21,22)23/h4-8,11-12H,2-3,9-10,13H2,1H3. The van der Waals surface area contributed by atoms with E-state index in [0.717, 1.165) is 24.2 Å². The summed E-state index contributed by atoms with van der Waals surface area (Å²) in [5.41, 5.74) is 1.77. The van der Waals surface area contributed by atoms with Gasteiger partial charge in [-0.3, -0.25) is 14.2 Å². The lowest BCUT2D eigenvalue weighted by atomic mass is 10.1. The zero-order valence-electron chi connectivity index (χ0n) is 15.9. The second-order valence-electron chi connectivity index (χ2n) is 6.96. The Labute approximate surface area is 165 Å². The molecule has 0 radical (unpaired) electrons. The average molecular weight is 403 g/mol. The Morgan fingerprint density at radius 3 is 2.52 bits per heavy atom. The summed E-state index contributed by atoms with van der Waals surface area (Å²) in [5.74, 6) is -0.136. The van der Waals surface area contributed by atoms with Crippen LogP contribution in [-0.2, 0) is 25.8 Å². The van der Waals surface area contributed by atoms with E-state index in [2.05, 4.69) is 10.2 Å². The van der Waals surface area contributed by atoms with Gasteiger partial charge in [0.2, 0.25) is 0 Å². The highest BCUT2D eigenvalue weighted by Gasteiger charge is 2.30. The van der Waals surface area contributed by atoms with Crippen molar-refractivity contribution in [3.05, 3.63) is 59.5 Å². The van der Waals surface area contributed by atoms with Gasteiger partial charge in [0.25, 0.3) is 5.91 Å². The van der Waals surface area contributed by atoms with Crippen molar-refractivity contribution in [1.29, 1.82) is 0 Å². The Morgan fingerprint density at radius 1 is 1.10 bits per heavy atom. The molecule has 1 aliphatic rings. The Morgan fingerprint density at radius 2 is 1.86 bits per heavy atom. The number of amides is 1. The van der Waals surface area contributed by atoms with Crippen molar-refractivity contribution in [2.45, 2.75) is 39.2 Å². The maximum atomic E-state index is 12.8. The molecule has 3 aromatic rings. The van der Waals surface area contributed by atoms with Crippen molar-refractivity contribution < 1.29 is 18.0 Å². The lowest BCUT2D eigenvalue weighted by Crippen LogP contribution is -2.31. The van der Waals surface area contributed by atoms with E-state index in [9.17, 15) is 18.0 Å². The lowest BCUT2D eigenvalue weighted by Gasteiger charge is -2.18. The van der Waals surface area contributed by atoms with Gasteiger partial charge in [-0.25, -0.2) is 0 Å². The van der Waals surface area contributed by atoms with E-state index in [1.54, 1.807) is 21.8 Å². The Balaban J connectivity index is 1.56. The molecule has 0 atom stereocenters. The summed E-state index contributed by atoms with van der Waals surface area (Å²) >= 11 is 0. The van der Waals surface area contributed by atoms with Crippen LogP contribution in [-0.4, -0.2) is 36.9 Å². The fraction of sp³-hybridized carbons (Fsp3) is 0.350. The van der Waals surface area contributed by atoms with Crippen LogP contribution >= 0.6 is 0 Å². The first-order chi connectivity index (χ1) is 13.8. The summed E-state index contributed by atoms with van der Waals surface area (Å²) in [6.45, 7) is 4.26. The molecule has 0 spiro atoms. The van der Waals surface area contributed by atoms with Crippen LogP contribution in [0.4, 0.5) is 13.2 Å². The normalized spacial score (nSPS) is 14.6. The number of aryl methyl sites for hydroxylation is 2. The number of aromatic nitrogens is 4. The van der Waals surface area contributed by atoms with Crippen LogP contribution in [0.25, 0.3) is 11.3 Å². The Hall–Kier alpha value is -3.10. The Kier molecular flexibility index (Phi) is 4.89. The molecule has 0 saturated carbocycles. The van der Waals surface area contributed by atoms with E-state index >= 15 is 0 Å². The molecule has 0 unspecified atom stereocenters. The minimum Gasteiger partial charge on any atom is -0.331 e. The molecule has 2 aromatic heterocycles. The monoisotopic (exact) mass is 403 g/mol. The van der Waals surface area contributed by atoms with Gasteiger partial charge in [0, 0.05) is 31.4 Å². The van der Waals surface area contributed by atoms with Crippen LogP contribution in [0.2, 0.25) is 0 Å². The number of halogens is 3. The molecule has 29 heavy (non-hydrogen) atoms. The molecule has 0 N–H and O–H groups in total. The number of nitrogens with zero attached hydrogens (tertiary/aromatic N) is 5. The molecule has 0 aliphatic carbocycles. The molecule has 9 heteroatoms. The maximum Gasteiger partial charge on any atom is 0.416 e.